The summed E-state index contributed by atoms with van der Waals surface area (Å²) in [6.45, 7) is 4.72. The van der Waals surface area contributed by atoms with E-state index in [1.165, 1.54) is 16.2 Å². The number of carbonyl (C=O) groups excluding carboxylic acids is 1. The molecule has 5 heteroatoms. The molecule has 1 aromatic carbocycles. The topological polar surface area (TPSA) is 60.3 Å². The number of hydrogen-bond donors (Lipinski definition) is 1. The van der Waals surface area contributed by atoms with Gasteiger partial charge in [-0.05, 0) is 32.0 Å². The molecular weight excluding hydrogens is 292 g/mol. The van der Waals surface area contributed by atoms with Crippen molar-refractivity contribution in [3.63, 3.8) is 0 Å². The number of aryl methyl sites for hydroxylation is 2. The summed E-state index contributed by atoms with van der Waals surface area (Å²) in [7, 11) is 0. The quantitative estimate of drug-likeness (QED) is 0.851. The number of carbonyl (C=O) groups is 1. The predicted molar refractivity (Wildman–Crippen MR) is 89.6 cm³/mol. The van der Waals surface area contributed by atoms with Crippen LogP contribution < -0.4 is 15.6 Å². The van der Waals surface area contributed by atoms with Gasteiger partial charge in [-0.15, -0.1) is 0 Å². The van der Waals surface area contributed by atoms with E-state index in [9.17, 15) is 9.59 Å². The Morgan fingerprint density at radius 2 is 1.96 bits per heavy atom. The van der Waals surface area contributed by atoms with Crippen LogP contribution in [-0.2, 0) is 11.3 Å². The fraction of sp³-hybridized carbons (Fsp3) is 0.333. The van der Waals surface area contributed by atoms with E-state index in [2.05, 4.69) is 5.32 Å². The van der Waals surface area contributed by atoms with Gasteiger partial charge < -0.3 is 14.6 Å². The van der Waals surface area contributed by atoms with Crippen molar-refractivity contribution in [3.05, 3.63) is 64.6 Å². The molecule has 0 saturated carbocycles. The first-order valence-corrected chi connectivity index (χ1v) is 7.70. The summed E-state index contributed by atoms with van der Waals surface area (Å²) in [5, 5.41) is 2.82. The summed E-state index contributed by atoms with van der Waals surface area (Å²) >= 11 is 0. The molecule has 2 rings (SSSR count). The van der Waals surface area contributed by atoms with E-state index in [0.29, 0.717) is 13.1 Å². The van der Waals surface area contributed by atoms with Crippen molar-refractivity contribution < 1.29 is 9.53 Å². The van der Waals surface area contributed by atoms with Crippen LogP contribution in [0, 0.1) is 6.92 Å². The molecule has 0 aliphatic heterocycles. The van der Waals surface area contributed by atoms with Gasteiger partial charge in [-0.3, -0.25) is 9.59 Å². The molecule has 1 amide bonds. The van der Waals surface area contributed by atoms with Crippen molar-refractivity contribution in [1.82, 2.24) is 9.88 Å². The molecule has 23 heavy (non-hydrogen) atoms. The third kappa shape index (κ3) is 5.62. The number of aromatic nitrogens is 1. The summed E-state index contributed by atoms with van der Waals surface area (Å²) in [4.78, 5) is 23.4. The van der Waals surface area contributed by atoms with Gasteiger partial charge in [-0.2, -0.15) is 0 Å². The zero-order valence-electron chi connectivity index (χ0n) is 13.5. The highest BCUT2D eigenvalue weighted by Crippen LogP contribution is 2.12. The van der Waals surface area contributed by atoms with Gasteiger partial charge in [0.15, 0.2) is 0 Å². The number of nitrogens with zero attached hydrogens (tertiary/aromatic N) is 1. The van der Waals surface area contributed by atoms with Gasteiger partial charge in [0.1, 0.15) is 11.9 Å². The van der Waals surface area contributed by atoms with E-state index in [1.54, 1.807) is 18.3 Å². The molecule has 0 aliphatic carbocycles. The first-order chi connectivity index (χ1) is 11.0. The Labute approximate surface area is 135 Å². The van der Waals surface area contributed by atoms with Crippen LogP contribution >= 0.6 is 0 Å². The molecule has 0 fully saturated rings. The molecule has 0 unspecified atom stereocenters. The van der Waals surface area contributed by atoms with Crippen molar-refractivity contribution in [1.29, 1.82) is 0 Å². The summed E-state index contributed by atoms with van der Waals surface area (Å²) in [6, 6.07) is 12.7. The standard InChI is InChI=1S/C18H22N2O3/c1-14-6-8-16(9-7-14)23-15(2)13-19-17(21)10-12-20-11-4-3-5-18(20)22/h3-9,11,15H,10,12-13H2,1-2H3,(H,19,21)/t15-/m1/s1. The highest BCUT2D eigenvalue weighted by molar-refractivity contribution is 5.75. The van der Waals surface area contributed by atoms with Gasteiger partial charge in [0, 0.05) is 25.2 Å². The molecule has 1 aromatic heterocycles. The Bertz CT molecular complexity index is 692. The minimum Gasteiger partial charge on any atom is -0.489 e. The Morgan fingerprint density at radius 3 is 2.65 bits per heavy atom. The Kier molecular flexibility index (Phi) is 5.97. The van der Waals surface area contributed by atoms with Crippen LogP contribution in [0.2, 0.25) is 0 Å². The molecule has 2 aromatic rings. The maximum Gasteiger partial charge on any atom is 0.250 e. The highest BCUT2D eigenvalue weighted by atomic mass is 16.5. The summed E-state index contributed by atoms with van der Waals surface area (Å²) in [5.74, 6) is 0.688. The third-order valence-corrected chi connectivity index (χ3v) is 3.42. The van der Waals surface area contributed by atoms with Crippen LogP contribution in [0.4, 0.5) is 0 Å². The average Bonchev–Trinajstić information content (AvgIpc) is 2.54. The first kappa shape index (κ1) is 16.8. The van der Waals surface area contributed by atoms with Crippen molar-refractivity contribution in [2.75, 3.05) is 6.54 Å². The second kappa shape index (κ2) is 8.17. The lowest BCUT2D eigenvalue weighted by Crippen LogP contribution is -2.34. The molecule has 0 radical (unpaired) electrons. The van der Waals surface area contributed by atoms with Crippen LogP contribution in [0.15, 0.2) is 53.5 Å². The van der Waals surface area contributed by atoms with E-state index >= 15 is 0 Å². The Hall–Kier alpha value is -2.56. The van der Waals surface area contributed by atoms with Crippen LogP contribution in [0.3, 0.4) is 0 Å². The molecule has 1 N–H and O–H groups in total. The number of benzene rings is 1. The fourth-order valence-corrected chi connectivity index (χ4v) is 2.10. The molecular formula is C18H22N2O3. The largest absolute Gasteiger partial charge is 0.489 e. The number of hydrogen-bond acceptors (Lipinski definition) is 3. The molecule has 5 nitrogen and oxygen atoms in total. The van der Waals surface area contributed by atoms with Gasteiger partial charge >= 0.3 is 0 Å². The lowest BCUT2D eigenvalue weighted by molar-refractivity contribution is -0.121. The van der Waals surface area contributed by atoms with Crippen molar-refractivity contribution in [2.24, 2.45) is 0 Å². The summed E-state index contributed by atoms with van der Waals surface area (Å²) in [5.41, 5.74) is 1.07. The lowest BCUT2D eigenvalue weighted by atomic mass is 10.2. The number of rotatable bonds is 7. The minimum atomic E-state index is -0.124. The van der Waals surface area contributed by atoms with Gasteiger partial charge in [-0.25, -0.2) is 0 Å². The molecule has 0 bridgehead atoms. The zero-order chi connectivity index (χ0) is 16.7. The number of pyridine rings is 1. The molecule has 122 valence electrons. The lowest BCUT2D eigenvalue weighted by Gasteiger charge is -2.15. The van der Waals surface area contributed by atoms with Crippen molar-refractivity contribution >= 4 is 5.91 Å². The summed E-state index contributed by atoms with van der Waals surface area (Å²) in [6.07, 6.45) is 1.82. The fourth-order valence-electron chi connectivity index (χ4n) is 2.10. The van der Waals surface area contributed by atoms with Gasteiger partial charge in [0.2, 0.25) is 5.91 Å². The Balaban J connectivity index is 1.72. The molecule has 0 saturated heterocycles. The summed E-state index contributed by atoms with van der Waals surface area (Å²) < 4.78 is 7.25. The predicted octanol–water partition coefficient (Wildman–Crippen LogP) is 2.13. The third-order valence-electron chi connectivity index (χ3n) is 3.42. The molecule has 1 heterocycles. The van der Waals surface area contributed by atoms with E-state index in [0.717, 1.165) is 5.75 Å². The highest BCUT2D eigenvalue weighted by Gasteiger charge is 2.07. The van der Waals surface area contributed by atoms with Gasteiger partial charge in [0.25, 0.3) is 5.56 Å². The van der Waals surface area contributed by atoms with Crippen molar-refractivity contribution in [3.8, 4) is 5.75 Å². The van der Waals surface area contributed by atoms with Crippen LogP contribution in [-0.4, -0.2) is 23.1 Å². The second-order valence-electron chi connectivity index (χ2n) is 5.53. The average molecular weight is 314 g/mol. The Morgan fingerprint density at radius 1 is 1.22 bits per heavy atom. The van der Waals surface area contributed by atoms with Gasteiger partial charge in [0.05, 0.1) is 6.54 Å². The maximum atomic E-state index is 11.8. The second-order valence-corrected chi connectivity index (χ2v) is 5.53. The van der Waals surface area contributed by atoms with Gasteiger partial charge in [-0.1, -0.05) is 23.8 Å². The minimum absolute atomic E-state index is 0.0971. The van der Waals surface area contributed by atoms with Crippen LogP contribution in [0.5, 0.6) is 5.75 Å². The monoisotopic (exact) mass is 314 g/mol. The van der Waals surface area contributed by atoms with E-state index in [-0.39, 0.29) is 24.0 Å². The molecule has 0 aliphatic rings. The van der Waals surface area contributed by atoms with Crippen molar-refractivity contribution in [2.45, 2.75) is 32.9 Å². The SMILES string of the molecule is Cc1ccc(O[C@H](C)CNC(=O)CCn2ccccc2=O)cc1. The van der Waals surface area contributed by atoms with E-state index in [1.807, 2.05) is 38.1 Å². The number of amides is 1. The molecule has 0 spiro atoms. The number of nitrogens with one attached hydrogen (secondary N) is 1. The van der Waals surface area contributed by atoms with Crippen LogP contribution in [0.1, 0.15) is 18.9 Å². The number of ether oxygens (including phenoxy) is 1. The maximum absolute atomic E-state index is 11.8. The van der Waals surface area contributed by atoms with Crippen LogP contribution in [0.25, 0.3) is 0 Å². The molecule has 1 atom stereocenters. The first-order valence-electron chi connectivity index (χ1n) is 7.70. The van der Waals surface area contributed by atoms with E-state index in [4.69, 9.17) is 4.74 Å². The zero-order valence-corrected chi connectivity index (χ0v) is 13.5. The van der Waals surface area contributed by atoms with E-state index < -0.39 is 0 Å². The smallest absolute Gasteiger partial charge is 0.250 e. The normalized spacial score (nSPS) is 11.7.